The maximum absolute atomic E-state index is 12.0. The second-order valence-electron chi connectivity index (χ2n) is 5.46. The molecule has 6 nitrogen and oxygen atoms in total. The van der Waals surface area contributed by atoms with Gasteiger partial charge in [0.1, 0.15) is 18.8 Å². The molecule has 1 atom stereocenters. The van der Waals surface area contributed by atoms with Gasteiger partial charge < -0.3 is 14.2 Å². The average Bonchev–Trinajstić information content (AvgIpc) is 2.52. The Bertz CT molecular complexity index is 373. The van der Waals surface area contributed by atoms with Crippen molar-refractivity contribution in [2.75, 3.05) is 6.61 Å². The zero-order chi connectivity index (χ0) is 16.4. The molecule has 0 aromatic carbocycles. The number of esters is 3. The van der Waals surface area contributed by atoms with Crippen LogP contribution in [0.15, 0.2) is 0 Å². The second-order valence-corrected chi connectivity index (χ2v) is 5.46. The van der Waals surface area contributed by atoms with E-state index >= 15 is 0 Å². The molecule has 0 heterocycles. The molecule has 0 spiro atoms. The summed E-state index contributed by atoms with van der Waals surface area (Å²) in [4.78, 5) is 34.5. The van der Waals surface area contributed by atoms with Crippen LogP contribution in [0, 0.1) is 0 Å². The standard InChI is InChI=1S/C16H26O6/c1-3-14(17)20-11-13(22-15(18)4-2)10-16(19)21-12-8-6-5-7-9-12/h12-13H,3-11H2,1-2H3. The highest BCUT2D eigenvalue weighted by molar-refractivity contribution is 5.73. The van der Waals surface area contributed by atoms with Gasteiger partial charge in [-0.1, -0.05) is 20.3 Å². The van der Waals surface area contributed by atoms with E-state index in [-0.39, 0.29) is 32.0 Å². The molecular formula is C16H26O6. The molecule has 0 bridgehead atoms. The van der Waals surface area contributed by atoms with Gasteiger partial charge in [0.05, 0.1) is 6.42 Å². The van der Waals surface area contributed by atoms with Crippen molar-refractivity contribution in [3.63, 3.8) is 0 Å². The molecule has 1 rings (SSSR count). The van der Waals surface area contributed by atoms with Crippen molar-refractivity contribution in [2.45, 2.75) is 77.4 Å². The summed E-state index contributed by atoms with van der Waals surface area (Å²) in [6.45, 7) is 3.22. The summed E-state index contributed by atoms with van der Waals surface area (Å²) in [5.41, 5.74) is 0. The van der Waals surface area contributed by atoms with E-state index in [1.54, 1.807) is 13.8 Å². The predicted molar refractivity (Wildman–Crippen MR) is 79.0 cm³/mol. The molecule has 0 N–H and O–H groups in total. The largest absolute Gasteiger partial charge is 0.462 e. The number of carbonyl (C=O) groups is 3. The third-order valence-corrected chi connectivity index (χ3v) is 3.55. The highest BCUT2D eigenvalue weighted by Crippen LogP contribution is 2.21. The monoisotopic (exact) mass is 314 g/mol. The first-order valence-electron chi connectivity index (χ1n) is 8.09. The normalized spacial score (nSPS) is 16.6. The Morgan fingerprint density at radius 3 is 2.18 bits per heavy atom. The van der Waals surface area contributed by atoms with E-state index in [0.717, 1.165) is 25.7 Å². The molecule has 0 radical (unpaired) electrons. The fraction of sp³-hybridized carbons (Fsp3) is 0.812. The Morgan fingerprint density at radius 2 is 1.59 bits per heavy atom. The van der Waals surface area contributed by atoms with E-state index in [1.807, 2.05) is 0 Å². The molecule has 22 heavy (non-hydrogen) atoms. The van der Waals surface area contributed by atoms with E-state index in [4.69, 9.17) is 14.2 Å². The van der Waals surface area contributed by atoms with Crippen molar-refractivity contribution in [1.82, 2.24) is 0 Å². The maximum atomic E-state index is 12.0. The van der Waals surface area contributed by atoms with Crippen LogP contribution in [0.2, 0.25) is 0 Å². The van der Waals surface area contributed by atoms with Crippen LogP contribution in [0.5, 0.6) is 0 Å². The van der Waals surface area contributed by atoms with Crippen LogP contribution >= 0.6 is 0 Å². The smallest absolute Gasteiger partial charge is 0.309 e. The summed E-state index contributed by atoms with van der Waals surface area (Å²) in [6.07, 6.45) is 4.63. The summed E-state index contributed by atoms with van der Waals surface area (Å²) in [5, 5.41) is 0. The lowest BCUT2D eigenvalue weighted by atomic mass is 9.98. The summed E-state index contributed by atoms with van der Waals surface area (Å²) in [7, 11) is 0. The molecule has 0 aromatic heterocycles. The molecule has 0 aromatic rings. The Morgan fingerprint density at radius 1 is 0.955 bits per heavy atom. The number of ether oxygens (including phenoxy) is 3. The molecule has 0 amide bonds. The minimum absolute atomic E-state index is 0.0398. The number of carbonyl (C=O) groups excluding carboxylic acids is 3. The van der Waals surface area contributed by atoms with E-state index < -0.39 is 24.0 Å². The summed E-state index contributed by atoms with van der Waals surface area (Å²) < 4.78 is 15.5. The maximum Gasteiger partial charge on any atom is 0.309 e. The summed E-state index contributed by atoms with van der Waals surface area (Å²) in [5.74, 6) is -1.23. The zero-order valence-corrected chi connectivity index (χ0v) is 13.5. The van der Waals surface area contributed by atoms with Crippen LogP contribution in [-0.4, -0.2) is 36.7 Å². The fourth-order valence-electron chi connectivity index (χ4n) is 2.29. The fourth-order valence-corrected chi connectivity index (χ4v) is 2.29. The van der Waals surface area contributed by atoms with E-state index in [1.165, 1.54) is 6.42 Å². The van der Waals surface area contributed by atoms with Gasteiger partial charge in [-0.15, -0.1) is 0 Å². The van der Waals surface area contributed by atoms with Crippen molar-refractivity contribution in [2.24, 2.45) is 0 Å². The van der Waals surface area contributed by atoms with Gasteiger partial charge in [-0.2, -0.15) is 0 Å². The lowest BCUT2D eigenvalue weighted by Gasteiger charge is -2.23. The van der Waals surface area contributed by atoms with Crippen molar-refractivity contribution in [1.29, 1.82) is 0 Å². The van der Waals surface area contributed by atoms with Crippen LogP contribution in [0.4, 0.5) is 0 Å². The van der Waals surface area contributed by atoms with Gasteiger partial charge in [-0.05, 0) is 25.7 Å². The van der Waals surface area contributed by atoms with Crippen molar-refractivity contribution in [3.8, 4) is 0 Å². The van der Waals surface area contributed by atoms with Crippen LogP contribution in [0.3, 0.4) is 0 Å². The zero-order valence-electron chi connectivity index (χ0n) is 13.5. The minimum atomic E-state index is -0.779. The molecular weight excluding hydrogens is 288 g/mol. The Hall–Kier alpha value is -1.59. The molecule has 126 valence electrons. The first-order chi connectivity index (χ1) is 10.5. The Labute approximate surface area is 131 Å². The minimum Gasteiger partial charge on any atom is -0.462 e. The topological polar surface area (TPSA) is 78.9 Å². The van der Waals surface area contributed by atoms with Gasteiger partial charge in [-0.3, -0.25) is 14.4 Å². The van der Waals surface area contributed by atoms with Crippen LogP contribution in [0.25, 0.3) is 0 Å². The first-order valence-corrected chi connectivity index (χ1v) is 8.09. The lowest BCUT2D eigenvalue weighted by molar-refractivity contribution is -0.165. The average molecular weight is 314 g/mol. The number of rotatable bonds is 8. The molecule has 6 heteroatoms. The highest BCUT2D eigenvalue weighted by atomic mass is 16.6. The number of hydrogen-bond donors (Lipinski definition) is 0. The quantitative estimate of drug-likeness (QED) is 0.506. The summed E-state index contributed by atoms with van der Waals surface area (Å²) >= 11 is 0. The van der Waals surface area contributed by atoms with Crippen LogP contribution in [0.1, 0.15) is 65.2 Å². The van der Waals surface area contributed by atoms with Gasteiger partial charge in [0.25, 0.3) is 0 Å². The Kier molecular flexibility index (Phi) is 8.55. The van der Waals surface area contributed by atoms with Gasteiger partial charge in [0.15, 0.2) is 0 Å². The van der Waals surface area contributed by atoms with E-state index in [2.05, 4.69) is 0 Å². The van der Waals surface area contributed by atoms with Crippen LogP contribution in [-0.2, 0) is 28.6 Å². The molecule has 1 aliphatic carbocycles. The first kappa shape index (κ1) is 18.5. The molecule has 1 fully saturated rings. The molecule has 1 unspecified atom stereocenters. The van der Waals surface area contributed by atoms with Gasteiger partial charge >= 0.3 is 17.9 Å². The second kappa shape index (κ2) is 10.2. The molecule has 0 saturated heterocycles. The van der Waals surface area contributed by atoms with Crippen molar-refractivity contribution < 1.29 is 28.6 Å². The molecule has 1 saturated carbocycles. The lowest BCUT2D eigenvalue weighted by Crippen LogP contribution is -2.30. The highest BCUT2D eigenvalue weighted by Gasteiger charge is 2.23. The van der Waals surface area contributed by atoms with Gasteiger partial charge in [-0.25, -0.2) is 0 Å². The van der Waals surface area contributed by atoms with Crippen molar-refractivity contribution >= 4 is 17.9 Å². The predicted octanol–water partition coefficient (Wildman–Crippen LogP) is 2.53. The Balaban J connectivity index is 2.44. The third-order valence-electron chi connectivity index (χ3n) is 3.55. The molecule has 1 aliphatic rings. The van der Waals surface area contributed by atoms with Crippen LogP contribution < -0.4 is 0 Å². The van der Waals surface area contributed by atoms with Gasteiger partial charge in [0.2, 0.25) is 0 Å². The summed E-state index contributed by atoms with van der Waals surface area (Å²) in [6, 6.07) is 0. The number of hydrogen-bond acceptors (Lipinski definition) is 6. The van der Waals surface area contributed by atoms with E-state index in [9.17, 15) is 14.4 Å². The SMILES string of the molecule is CCC(=O)OCC(CC(=O)OC1CCCCC1)OC(=O)CC. The van der Waals surface area contributed by atoms with Crippen molar-refractivity contribution in [3.05, 3.63) is 0 Å². The van der Waals surface area contributed by atoms with Gasteiger partial charge in [0, 0.05) is 12.8 Å². The van der Waals surface area contributed by atoms with E-state index in [0.29, 0.717) is 0 Å². The third kappa shape index (κ3) is 7.43. The molecule has 0 aliphatic heterocycles.